The van der Waals surface area contributed by atoms with Crippen molar-refractivity contribution >= 4 is 23.1 Å². The second kappa shape index (κ2) is 20.2. The number of nitrogens with one attached hydrogen (secondary N) is 1. The van der Waals surface area contributed by atoms with Crippen LogP contribution in [0.3, 0.4) is 0 Å². The molecule has 5 aromatic rings. The summed E-state index contributed by atoms with van der Waals surface area (Å²) in [6.45, 7) is 9.68. The van der Waals surface area contributed by atoms with Gasteiger partial charge in [-0.15, -0.1) is 13.2 Å². The fourth-order valence-corrected chi connectivity index (χ4v) is 6.26. The summed E-state index contributed by atoms with van der Waals surface area (Å²) < 4.78 is 14.2. The molecule has 0 amide bonds. The van der Waals surface area contributed by atoms with E-state index in [9.17, 15) is 0 Å². The number of para-hydroxylation sites is 1. The highest BCUT2D eigenvalue weighted by atomic mass is 79.9. The highest BCUT2D eigenvalue weighted by molar-refractivity contribution is 5.91. The van der Waals surface area contributed by atoms with Crippen molar-refractivity contribution in [1.29, 1.82) is 0 Å². The Bertz CT molecular complexity index is 1790. The van der Waals surface area contributed by atoms with E-state index in [1.165, 1.54) is 72.5 Å². The van der Waals surface area contributed by atoms with Crippen molar-refractivity contribution in [2.24, 2.45) is 0 Å². The summed E-state index contributed by atoms with van der Waals surface area (Å²) in [5.74, 6) is 1.82. The van der Waals surface area contributed by atoms with Gasteiger partial charge in [0.2, 0.25) is 0 Å². The number of hydrogen-bond acceptors (Lipinski definition) is 2. The molecule has 0 aliphatic heterocycles. The number of nitrogens with zero attached hydrogens (tertiary/aromatic N) is 1. The zero-order valence-corrected chi connectivity index (χ0v) is 30.6. The SMILES string of the molecule is C=CCc1ccc(OC)c(-c2ccc(OCCCCCCCCCC[n+]3ccc(/C=C/c4c[nH]c5ccccc45)cc3)c(CC=C)c2)c1.[Br-]. The smallest absolute Gasteiger partial charge is 0.169 e. The van der Waals surface area contributed by atoms with Gasteiger partial charge in [0.1, 0.15) is 18.0 Å². The van der Waals surface area contributed by atoms with E-state index in [0.717, 1.165) is 60.6 Å². The van der Waals surface area contributed by atoms with Gasteiger partial charge in [-0.2, -0.15) is 0 Å². The van der Waals surface area contributed by atoms with Crippen LogP contribution in [-0.2, 0) is 19.4 Å². The number of aromatic amines is 1. The molecule has 5 heteroatoms. The number of allylic oxidation sites excluding steroid dienone is 2. The maximum Gasteiger partial charge on any atom is 0.169 e. The normalized spacial score (nSPS) is 11.0. The molecule has 0 spiro atoms. The maximum absolute atomic E-state index is 6.25. The number of aromatic nitrogens is 2. The number of aryl methyl sites for hydroxylation is 1. The highest BCUT2D eigenvalue weighted by Gasteiger charge is 2.11. The van der Waals surface area contributed by atoms with Crippen LogP contribution in [0.25, 0.3) is 34.2 Å². The van der Waals surface area contributed by atoms with E-state index in [0.29, 0.717) is 0 Å². The lowest BCUT2D eigenvalue weighted by Gasteiger charge is -2.15. The number of unbranched alkanes of at least 4 members (excludes halogenated alkanes) is 7. The van der Waals surface area contributed by atoms with Gasteiger partial charge >= 0.3 is 0 Å². The van der Waals surface area contributed by atoms with Crippen molar-refractivity contribution in [3.63, 3.8) is 0 Å². The second-order valence-electron chi connectivity index (χ2n) is 12.5. The molecule has 3 aromatic carbocycles. The molecule has 4 nitrogen and oxygen atoms in total. The predicted octanol–water partition coefficient (Wildman–Crippen LogP) is 7.96. The van der Waals surface area contributed by atoms with Gasteiger partial charge in [-0.1, -0.05) is 86.7 Å². The number of fused-ring (bicyclic) bond motifs is 1. The van der Waals surface area contributed by atoms with Crippen molar-refractivity contribution in [2.45, 2.75) is 70.8 Å². The lowest BCUT2D eigenvalue weighted by atomic mass is 9.97. The van der Waals surface area contributed by atoms with Crippen LogP contribution in [0.2, 0.25) is 0 Å². The largest absolute Gasteiger partial charge is 1.00 e. The lowest BCUT2D eigenvalue weighted by molar-refractivity contribution is -0.697. The molecule has 0 bridgehead atoms. The molecule has 0 saturated heterocycles. The Morgan fingerprint density at radius 2 is 1.45 bits per heavy atom. The van der Waals surface area contributed by atoms with Crippen LogP contribution in [-0.4, -0.2) is 18.7 Å². The third-order valence-electron chi connectivity index (χ3n) is 8.94. The molecule has 49 heavy (non-hydrogen) atoms. The number of ether oxygens (including phenoxy) is 2. The van der Waals surface area contributed by atoms with Crippen LogP contribution in [0, 0.1) is 0 Å². The van der Waals surface area contributed by atoms with E-state index in [2.05, 4.69) is 120 Å². The Morgan fingerprint density at radius 1 is 0.735 bits per heavy atom. The van der Waals surface area contributed by atoms with Gasteiger partial charge in [0.15, 0.2) is 12.4 Å². The molecule has 0 radical (unpaired) electrons. The first-order chi connectivity index (χ1) is 23.7. The molecule has 0 unspecified atom stereocenters. The standard InChI is InChI=1S/C44H50N2O2.BrH/c1-4-16-36-21-24-44(47-3)41(32-36)37-23-25-43(38(33-37)17-5-2)48-31-15-11-9-7-6-8-10-14-28-46-29-26-35(27-30-46)20-22-39-34-45-42-19-13-12-18-40(39)42;/h4-5,12-13,18-27,29-30,32-34H,1-2,6-11,14-17,28,31H2,3H3;1H. The minimum Gasteiger partial charge on any atom is -1.00 e. The van der Waals surface area contributed by atoms with E-state index >= 15 is 0 Å². The van der Waals surface area contributed by atoms with Crippen LogP contribution >= 0.6 is 0 Å². The number of methoxy groups -OCH3 is 1. The molecule has 0 saturated carbocycles. The molecule has 0 atom stereocenters. The van der Waals surface area contributed by atoms with Crippen LogP contribution in [0.4, 0.5) is 0 Å². The van der Waals surface area contributed by atoms with Crippen molar-refractivity contribution in [2.75, 3.05) is 13.7 Å². The van der Waals surface area contributed by atoms with Gasteiger partial charge in [0, 0.05) is 41.2 Å². The van der Waals surface area contributed by atoms with Crippen LogP contribution in [0.1, 0.15) is 73.6 Å². The molecule has 1 N–H and O–H groups in total. The Labute approximate surface area is 304 Å². The van der Waals surface area contributed by atoms with Gasteiger partial charge in [-0.05, 0) is 83.8 Å². The summed E-state index contributed by atoms with van der Waals surface area (Å²) in [6.07, 6.45) is 26.3. The number of benzene rings is 3. The van der Waals surface area contributed by atoms with Crippen molar-refractivity contribution < 1.29 is 31.0 Å². The third-order valence-corrected chi connectivity index (χ3v) is 8.94. The molecule has 5 rings (SSSR count). The van der Waals surface area contributed by atoms with Crippen molar-refractivity contribution in [1.82, 2.24) is 4.98 Å². The molecule has 2 aromatic heterocycles. The van der Waals surface area contributed by atoms with Gasteiger partial charge in [-0.3, -0.25) is 0 Å². The molecule has 0 aliphatic rings. The minimum absolute atomic E-state index is 0. The summed E-state index contributed by atoms with van der Waals surface area (Å²) >= 11 is 0. The number of halogens is 1. The van der Waals surface area contributed by atoms with E-state index < -0.39 is 0 Å². The predicted molar refractivity (Wildman–Crippen MR) is 203 cm³/mol. The summed E-state index contributed by atoms with van der Waals surface area (Å²) in [7, 11) is 1.72. The van der Waals surface area contributed by atoms with Crippen LogP contribution in [0.15, 0.2) is 117 Å². The summed E-state index contributed by atoms with van der Waals surface area (Å²) in [5.41, 5.74) is 8.22. The van der Waals surface area contributed by atoms with Gasteiger partial charge < -0.3 is 31.4 Å². The third kappa shape index (κ3) is 11.1. The number of H-pyrrole nitrogens is 1. The molecule has 0 aliphatic carbocycles. The zero-order chi connectivity index (χ0) is 33.4. The number of rotatable bonds is 20. The van der Waals surface area contributed by atoms with E-state index in [4.69, 9.17) is 9.47 Å². The molecule has 256 valence electrons. The lowest BCUT2D eigenvalue weighted by Crippen LogP contribution is -3.00. The first-order valence-corrected chi connectivity index (χ1v) is 17.6. The summed E-state index contributed by atoms with van der Waals surface area (Å²) in [4.78, 5) is 3.34. The summed E-state index contributed by atoms with van der Waals surface area (Å²) in [5, 5.41) is 1.26. The number of hydrogen-bond donors (Lipinski definition) is 1. The first-order valence-electron chi connectivity index (χ1n) is 17.6. The quantitative estimate of drug-likeness (QED) is 0.0504. The summed E-state index contributed by atoms with van der Waals surface area (Å²) in [6, 6.07) is 25.6. The molecular weight excluding hydrogens is 668 g/mol. The fraction of sp³-hybridized carbons (Fsp3) is 0.295. The van der Waals surface area contributed by atoms with E-state index in [-0.39, 0.29) is 17.0 Å². The van der Waals surface area contributed by atoms with E-state index in [1.54, 1.807) is 7.11 Å². The number of pyridine rings is 1. The zero-order valence-electron chi connectivity index (χ0n) is 29.0. The molecular formula is C44H51BrN2O2. The Kier molecular flexibility index (Phi) is 15.5. The Balaban J connectivity index is 0.00000541. The van der Waals surface area contributed by atoms with Crippen molar-refractivity contribution in [3.8, 4) is 22.6 Å². The van der Waals surface area contributed by atoms with Gasteiger partial charge in [0.05, 0.1) is 13.7 Å². The first kappa shape index (κ1) is 37.5. The van der Waals surface area contributed by atoms with Gasteiger partial charge in [-0.25, -0.2) is 4.57 Å². The minimum atomic E-state index is 0. The second-order valence-corrected chi connectivity index (χ2v) is 12.5. The topological polar surface area (TPSA) is 38.1 Å². The van der Waals surface area contributed by atoms with Gasteiger partial charge in [0.25, 0.3) is 0 Å². The monoisotopic (exact) mass is 718 g/mol. The average Bonchev–Trinajstić information content (AvgIpc) is 3.54. The Hall–Kier alpha value is -4.35. The molecule has 2 heterocycles. The fourth-order valence-electron chi connectivity index (χ4n) is 6.26. The molecule has 0 fully saturated rings. The van der Waals surface area contributed by atoms with Crippen LogP contribution in [0.5, 0.6) is 11.5 Å². The van der Waals surface area contributed by atoms with Crippen molar-refractivity contribution in [3.05, 3.63) is 139 Å². The highest BCUT2D eigenvalue weighted by Crippen LogP contribution is 2.34. The maximum atomic E-state index is 6.25. The Morgan fingerprint density at radius 3 is 2.20 bits per heavy atom. The average molecular weight is 720 g/mol. The van der Waals surface area contributed by atoms with Crippen LogP contribution < -0.4 is 31.0 Å². The van der Waals surface area contributed by atoms with E-state index in [1.807, 2.05) is 18.2 Å².